The van der Waals surface area contributed by atoms with E-state index in [1.54, 1.807) is 0 Å². The molecule has 1 rings (SSSR count). The third kappa shape index (κ3) is 4.99. The molecule has 0 saturated heterocycles. The Kier molecular flexibility index (Phi) is 6.25. The van der Waals surface area contributed by atoms with Gasteiger partial charge in [-0.2, -0.15) is 0 Å². The Bertz CT molecular complexity index is 121. The minimum atomic E-state index is 0.952. The second kappa shape index (κ2) is 7.28. The summed E-state index contributed by atoms with van der Waals surface area (Å²) in [5.74, 6) is 1.93. The van der Waals surface area contributed by atoms with Crippen LogP contribution in [-0.4, -0.2) is 13.6 Å². The van der Waals surface area contributed by atoms with Gasteiger partial charge in [-0.25, -0.2) is 0 Å². The van der Waals surface area contributed by atoms with Crippen molar-refractivity contribution >= 4 is 0 Å². The van der Waals surface area contributed by atoms with Crippen molar-refractivity contribution in [3.05, 3.63) is 0 Å². The van der Waals surface area contributed by atoms with Crippen LogP contribution in [0.15, 0.2) is 0 Å². The average Bonchev–Trinajstić information content (AvgIpc) is 2.19. The summed E-state index contributed by atoms with van der Waals surface area (Å²) in [6.07, 6.45) is 11.7. The summed E-state index contributed by atoms with van der Waals surface area (Å²) >= 11 is 0. The van der Waals surface area contributed by atoms with Crippen LogP contribution in [0.4, 0.5) is 0 Å². The molecule has 1 fully saturated rings. The lowest BCUT2D eigenvalue weighted by Crippen LogP contribution is -2.19. The van der Waals surface area contributed by atoms with E-state index >= 15 is 0 Å². The SMILES string of the molecule is CNCC1CCCCC(C)CCCC1. The van der Waals surface area contributed by atoms with Gasteiger partial charge in [0.15, 0.2) is 0 Å². The second-order valence-electron chi connectivity index (χ2n) is 5.10. The minimum absolute atomic E-state index is 0.952. The van der Waals surface area contributed by atoms with E-state index in [0.29, 0.717) is 0 Å². The number of hydrogen-bond donors (Lipinski definition) is 1. The Morgan fingerprint density at radius 3 is 1.93 bits per heavy atom. The van der Waals surface area contributed by atoms with Crippen LogP contribution in [0, 0.1) is 11.8 Å². The zero-order valence-electron chi connectivity index (χ0n) is 10.0. The fourth-order valence-corrected chi connectivity index (χ4v) is 2.63. The smallest absolute Gasteiger partial charge is 0.00235 e. The zero-order chi connectivity index (χ0) is 10.2. The Labute approximate surface area is 89.7 Å². The molecule has 84 valence electrons. The van der Waals surface area contributed by atoms with Gasteiger partial charge in [-0.15, -0.1) is 0 Å². The Morgan fingerprint density at radius 1 is 0.929 bits per heavy atom. The van der Waals surface area contributed by atoms with Crippen molar-refractivity contribution in [1.82, 2.24) is 5.32 Å². The predicted octanol–water partition coefficient (Wildman–Crippen LogP) is 3.59. The zero-order valence-corrected chi connectivity index (χ0v) is 10.0. The molecular formula is C13H27N. The topological polar surface area (TPSA) is 12.0 Å². The van der Waals surface area contributed by atoms with Crippen LogP contribution in [-0.2, 0) is 0 Å². The van der Waals surface area contributed by atoms with E-state index in [9.17, 15) is 0 Å². The van der Waals surface area contributed by atoms with E-state index in [2.05, 4.69) is 19.3 Å². The standard InChI is InChI=1S/C13H27N/c1-12-7-3-5-9-13(11-14-2)10-6-4-8-12/h12-14H,3-11H2,1-2H3. The maximum Gasteiger partial charge on any atom is -0.00235 e. The summed E-state index contributed by atoms with van der Waals surface area (Å²) in [4.78, 5) is 0. The van der Waals surface area contributed by atoms with Crippen molar-refractivity contribution in [3.63, 3.8) is 0 Å². The highest BCUT2D eigenvalue weighted by Gasteiger charge is 2.11. The van der Waals surface area contributed by atoms with Crippen LogP contribution < -0.4 is 5.32 Å². The van der Waals surface area contributed by atoms with Crippen LogP contribution in [0.1, 0.15) is 58.3 Å². The molecule has 0 unspecified atom stereocenters. The second-order valence-corrected chi connectivity index (χ2v) is 5.10. The van der Waals surface area contributed by atoms with Crippen molar-refractivity contribution in [2.24, 2.45) is 11.8 Å². The molecule has 0 spiro atoms. The molecule has 14 heavy (non-hydrogen) atoms. The van der Waals surface area contributed by atoms with Crippen LogP contribution >= 0.6 is 0 Å². The maximum absolute atomic E-state index is 3.33. The van der Waals surface area contributed by atoms with Crippen molar-refractivity contribution < 1.29 is 0 Å². The molecule has 1 nitrogen and oxygen atoms in total. The largest absolute Gasteiger partial charge is 0.319 e. The van der Waals surface area contributed by atoms with E-state index in [-0.39, 0.29) is 0 Å². The average molecular weight is 197 g/mol. The highest BCUT2D eigenvalue weighted by Crippen LogP contribution is 2.23. The summed E-state index contributed by atoms with van der Waals surface area (Å²) in [6.45, 7) is 3.66. The molecule has 0 aromatic carbocycles. The molecule has 0 radical (unpaired) electrons. The van der Waals surface area contributed by atoms with E-state index in [0.717, 1.165) is 11.8 Å². The number of hydrogen-bond acceptors (Lipinski definition) is 1. The molecule has 1 N–H and O–H groups in total. The van der Waals surface area contributed by atoms with Gasteiger partial charge < -0.3 is 5.32 Å². The molecule has 1 aliphatic carbocycles. The molecule has 0 aromatic rings. The van der Waals surface area contributed by atoms with Gasteiger partial charge in [-0.05, 0) is 38.3 Å². The van der Waals surface area contributed by atoms with E-state index in [4.69, 9.17) is 0 Å². The maximum atomic E-state index is 3.33. The fraction of sp³-hybridized carbons (Fsp3) is 1.00. The lowest BCUT2D eigenvalue weighted by Gasteiger charge is -2.20. The highest BCUT2D eigenvalue weighted by atomic mass is 14.8. The first-order valence-corrected chi connectivity index (χ1v) is 6.47. The molecule has 0 bridgehead atoms. The summed E-state index contributed by atoms with van der Waals surface area (Å²) in [6, 6.07) is 0. The fourth-order valence-electron chi connectivity index (χ4n) is 2.63. The Hall–Kier alpha value is -0.0400. The van der Waals surface area contributed by atoms with Gasteiger partial charge in [0.25, 0.3) is 0 Å². The van der Waals surface area contributed by atoms with Gasteiger partial charge in [-0.3, -0.25) is 0 Å². The lowest BCUT2D eigenvalue weighted by atomic mass is 9.89. The summed E-state index contributed by atoms with van der Waals surface area (Å²) in [7, 11) is 2.08. The first kappa shape index (κ1) is 12.0. The van der Waals surface area contributed by atoms with Gasteiger partial charge in [-0.1, -0.05) is 45.4 Å². The molecule has 0 aliphatic heterocycles. The van der Waals surface area contributed by atoms with E-state index in [1.807, 2.05) is 0 Å². The van der Waals surface area contributed by atoms with E-state index in [1.165, 1.54) is 57.9 Å². The van der Waals surface area contributed by atoms with Gasteiger partial charge in [0.05, 0.1) is 0 Å². The quantitative estimate of drug-likeness (QED) is 0.713. The molecule has 0 amide bonds. The third-order valence-electron chi connectivity index (χ3n) is 3.61. The Morgan fingerprint density at radius 2 is 1.43 bits per heavy atom. The highest BCUT2D eigenvalue weighted by molar-refractivity contribution is 4.65. The van der Waals surface area contributed by atoms with Crippen molar-refractivity contribution in [2.75, 3.05) is 13.6 Å². The van der Waals surface area contributed by atoms with Crippen molar-refractivity contribution in [2.45, 2.75) is 58.3 Å². The van der Waals surface area contributed by atoms with Crippen molar-refractivity contribution in [3.8, 4) is 0 Å². The summed E-state index contributed by atoms with van der Waals surface area (Å²) in [5.41, 5.74) is 0. The van der Waals surface area contributed by atoms with Gasteiger partial charge in [0, 0.05) is 0 Å². The Balaban J connectivity index is 2.24. The minimum Gasteiger partial charge on any atom is -0.319 e. The van der Waals surface area contributed by atoms with Crippen LogP contribution in [0.2, 0.25) is 0 Å². The number of rotatable bonds is 2. The normalized spacial score (nSPS) is 31.3. The first-order chi connectivity index (χ1) is 6.83. The summed E-state index contributed by atoms with van der Waals surface area (Å²) in [5, 5.41) is 3.33. The molecule has 0 atom stereocenters. The molecule has 0 heterocycles. The molecule has 1 heteroatoms. The molecule has 1 saturated carbocycles. The van der Waals surface area contributed by atoms with Gasteiger partial charge in [0.2, 0.25) is 0 Å². The van der Waals surface area contributed by atoms with Crippen LogP contribution in [0.3, 0.4) is 0 Å². The summed E-state index contributed by atoms with van der Waals surface area (Å²) < 4.78 is 0. The van der Waals surface area contributed by atoms with Crippen molar-refractivity contribution in [1.29, 1.82) is 0 Å². The predicted molar refractivity (Wildman–Crippen MR) is 63.5 cm³/mol. The molecule has 1 aliphatic rings. The molecule has 0 aromatic heterocycles. The lowest BCUT2D eigenvalue weighted by molar-refractivity contribution is 0.349. The van der Waals surface area contributed by atoms with Gasteiger partial charge >= 0.3 is 0 Å². The number of nitrogens with one attached hydrogen (secondary N) is 1. The first-order valence-electron chi connectivity index (χ1n) is 6.47. The van der Waals surface area contributed by atoms with Crippen LogP contribution in [0.25, 0.3) is 0 Å². The molecular weight excluding hydrogens is 170 g/mol. The third-order valence-corrected chi connectivity index (χ3v) is 3.61. The van der Waals surface area contributed by atoms with E-state index < -0.39 is 0 Å². The van der Waals surface area contributed by atoms with Crippen LogP contribution in [0.5, 0.6) is 0 Å². The monoisotopic (exact) mass is 197 g/mol. The van der Waals surface area contributed by atoms with Gasteiger partial charge in [0.1, 0.15) is 0 Å².